The molecule has 1 aromatic rings. The number of rotatable bonds is 4. The first kappa shape index (κ1) is 18.4. The summed E-state index contributed by atoms with van der Waals surface area (Å²) in [7, 11) is 0. The third-order valence-electron chi connectivity index (χ3n) is 5.38. The average Bonchev–Trinajstić information content (AvgIpc) is 2.81. The molecular formula is C19H24N2O5. The van der Waals surface area contributed by atoms with E-state index in [1.807, 2.05) is 4.90 Å². The minimum absolute atomic E-state index is 0.101. The minimum atomic E-state index is -0.848. The van der Waals surface area contributed by atoms with Gasteiger partial charge in [-0.3, -0.25) is 14.9 Å². The fourth-order valence-corrected chi connectivity index (χ4v) is 4.84. The van der Waals surface area contributed by atoms with Gasteiger partial charge in [0.2, 0.25) is 0 Å². The smallest absolute Gasteiger partial charge is 0.345 e. The Bertz CT molecular complexity index is 760. The third-order valence-corrected chi connectivity index (χ3v) is 5.38. The van der Waals surface area contributed by atoms with Gasteiger partial charge in [0.15, 0.2) is 6.61 Å². The third kappa shape index (κ3) is 3.57. The SMILES string of the molecule is CC1(C)CC2CC(C)(CN2C(=O)COC(=O)c2ccccc2[N+](=O)[O-])C1. The van der Waals surface area contributed by atoms with E-state index in [-0.39, 0.29) is 34.0 Å². The van der Waals surface area contributed by atoms with Crippen molar-refractivity contribution in [1.29, 1.82) is 0 Å². The number of ether oxygens (including phenoxy) is 1. The molecule has 0 radical (unpaired) electrons. The van der Waals surface area contributed by atoms with Gasteiger partial charge < -0.3 is 9.64 Å². The number of hydrogen-bond acceptors (Lipinski definition) is 5. The van der Waals surface area contributed by atoms with E-state index in [2.05, 4.69) is 20.8 Å². The van der Waals surface area contributed by atoms with Gasteiger partial charge >= 0.3 is 5.97 Å². The summed E-state index contributed by atoms with van der Waals surface area (Å²) in [6, 6.07) is 5.74. The predicted molar refractivity (Wildman–Crippen MR) is 94.6 cm³/mol. The maximum atomic E-state index is 12.6. The molecule has 3 rings (SSSR count). The van der Waals surface area contributed by atoms with Crippen LogP contribution in [-0.2, 0) is 9.53 Å². The van der Waals surface area contributed by atoms with Crippen LogP contribution in [-0.4, -0.2) is 40.9 Å². The first-order valence-corrected chi connectivity index (χ1v) is 8.80. The molecule has 7 heteroatoms. The van der Waals surface area contributed by atoms with Gasteiger partial charge in [-0.05, 0) is 36.2 Å². The van der Waals surface area contributed by atoms with Crippen molar-refractivity contribution in [1.82, 2.24) is 4.90 Å². The number of fused-ring (bicyclic) bond motifs is 2. The molecule has 1 saturated carbocycles. The fourth-order valence-electron chi connectivity index (χ4n) is 4.84. The van der Waals surface area contributed by atoms with Crippen molar-refractivity contribution in [3.8, 4) is 0 Å². The van der Waals surface area contributed by atoms with E-state index in [0.29, 0.717) is 6.54 Å². The van der Waals surface area contributed by atoms with Crippen molar-refractivity contribution >= 4 is 17.6 Å². The van der Waals surface area contributed by atoms with Crippen LogP contribution in [0, 0.1) is 20.9 Å². The van der Waals surface area contributed by atoms with Crippen LogP contribution in [0.4, 0.5) is 5.69 Å². The molecule has 1 saturated heterocycles. The standard InChI is InChI=1S/C19H24N2O5/c1-18(2)8-13-9-19(3,11-18)12-20(13)16(22)10-26-17(23)14-6-4-5-7-15(14)21(24)25/h4-7,13H,8-12H2,1-3H3. The highest BCUT2D eigenvalue weighted by molar-refractivity contribution is 5.95. The lowest BCUT2D eigenvalue weighted by Crippen LogP contribution is -2.39. The quantitative estimate of drug-likeness (QED) is 0.467. The van der Waals surface area contributed by atoms with Crippen LogP contribution in [0.25, 0.3) is 0 Å². The van der Waals surface area contributed by atoms with Crippen molar-refractivity contribution < 1.29 is 19.2 Å². The van der Waals surface area contributed by atoms with Crippen LogP contribution in [0.1, 0.15) is 50.4 Å². The summed E-state index contributed by atoms with van der Waals surface area (Å²) in [6.45, 7) is 6.92. The van der Waals surface area contributed by atoms with Crippen LogP contribution in [0.15, 0.2) is 24.3 Å². The van der Waals surface area contributed by atoms with Gasteiger partial charge in [0.05, 0.1) is 4.92 Å². The molecule has 1 aromatic carbocycles. The average molecular weight is 360 g/mol. The zero-order chi connectivity index (χ0) is 19.1. The second kappa shape index (κ2) is 6.37. The predicted octanol–water partition coefficient (Wildman–Crippen LogP) is 3.18. The number of nitro groups is 1. The van der Waals surface area contributed by atoms with E-state index in [4.69, 9.17) is 4.74 Å². The van der Waals surface area contributed by atoms with E-state index in [1.165, 1.54) is 24.3 Å². The fraction of sp³-hybridized carbons (Fsp3) is 0.579. The van der Waals surface area contributed by atoms with E-state index in [0.717, 1.165) is 19.3 Å². The van der Waals surface area contributed by atoms with E-state index in [1.54, 1.807) is 0 Å². The van der Waals surface area contributed by atoms with Crippen LogP contribution < -0.4 is 0 Å². The van der Waals surface area contributed by atoms with E-state index in [9.17, 15) is 19.7 Å². The van der Waals surface area contributed by atoms with Crippen molar-refractivity contribution in [2.75, 3.05) is 13.2 Å². The Hall–Kier alpha value is -2.44. The molecule has 1 heterocycles. The molecule has 2 atom stereocenters. The number of benzene rings is 1. The van der Waals surface area contributed by atoms with Crippen molar-refractivity contribution in [2.45, 2.75) is 46.1 Å². The zero-order valence-electron chi connectivity index (χ0n) is 15.4. The van der Waals surface area contributed by atoms with Crippen molar-refractivity contribution in [3.05, 3.63) is 39.9 Å². The summed E-state index contributed by atoms with van der Waals surface area (Å²) in [4.78, 5) is 37.0. The summed E-state index contributed by atoms with van der Waals surface area (Å²) in [5, 5.41) is 11.0. The van der Waals surface area contributed by atoms with Gasteiger partial charge in [0.25, 0.3) is 11.6 Å². The van der Waals surface area contributed by atoms with Gasteiger partial charge in [0.1, 0.15) is 5.56 Å². The maximum Gasteiger partial charge on any atom is 0.345 e. The summed E-state index contributed by atoms with van der Waals surface area (Å²) in [5.74, 6) is -1.08. The normalized spacial score (nSPS) is 26.4. The zero-order valence-corrected chi connectivity index (χ0v) is 15.4. The van der Waals surface area contributed by atoms with Gasteiger partial charge in [-0.25, -0.2) is 4.79 Å². The number of nitro benzene ring substituents is 1. The Morgan fingerprint density at radius 3 is 2.65 bits per heavy atom. The Kier molecular flexibility index (Phi) is 4.50. The summed E-state index contributed by atoms with van der Waals surface area (Å²) >= 11 is 0. The highest BCUT2D eigenvalue weighted by Gasteiger charge is 2.50. The Morgan fingerprint density at radius 1 is 1.27 bits per heavy atom. The molecule has 140 valence electrons. The van der Waals surface area contributed by atoms with Crippen LogP contribution in [0.2, 0.25) is 0 Å². The molecule has 1 amide bonds. The minimum Gasteiger partial charge on any atom is -0.452 e. The van der Waals surface area contributed by atoms with Gasteiger partial charge in [-0.1, -0.05) is 32.9 Å². The van der Waals surface area contributed by atoms with Gasteiger partial charge in [-0.2, -0.15) is 0 Å². The Morgan fingerprint density at radius 2 is 1.96 bits per heavy atom. The highest BCUT2D eigenvalue weighted by atomic mass is 16.6. The maximum absolute atomic E-state index is 12.6. The second-order valence-corrected chi connectivity index (χ2v) is 8.59. The lowest BCUT2D eigenvalue weighted by Gasteiger charge is -2.39. The van der Waals surface area contributed by atoms with Crippen LogP contribution in [0.5, 0.6) is 0 Å². The Balaban J connectivity index is 1.65. The number of esters is 1. The summed E-state index contributed by atoms with van der Waals surface area (Å²) in [5.41, 5.74) is -0.173. The molecule has 2 unspecified atom stereocenters. The molecule has 0 N–H and O–H groups in total. The first-order chi connectivity index (χ1) is 12.1. The lowest BCUT2D eigenvalue weighted by atomic mass is 9.65. The lowest BCUT2D eigenvalue weighted by molar-refractivity contribution is -0.385. The van der Waals surface area contributed by atoms with Crippen molar-refractivity contribution in [2.24, 2.45) is 10.8 Å². The molecule has 7 nitrogen and oxygen atoms in total. The number of carbonyl (C=O) groups excluding carboxylic acids is 2. The number of hydrogen-bond donors (Lipinski definition) is 0. The number of nitrogens with zero attached hydrogens (tertiary/aromatic N) is 2. The molecule has 1 aliphatic carbocycles. The van der Waals surface area contributed by atoms with E-state index < -0.39 is 17.5 Å². The monoisotopic (exact) mass is 360 g/mol. The molecule has 2 fully saturated rings. The highest BCUT2D eigenvalue weighted by Crippen LogP contribution is 2.52. The molecule has 0 spiro atoms. The van der Waals surface area contributed by atoms with Gasteiger partial charge in [-0.15, -0.1) is 0 Å². The Labute approximate surface area is 152 Å². The number of amides is 1. The van der Waals surface area contributed by atoms with Crippen LogP contribution in [0.3, 0.4) is 0 Å². The molecule has 0 aromatic heterocycles. The van der Waals surface area contributed by atoms with E-state index >= 15 is 0 Å². The van der Waals surface area contributed by atoms with Gasteiger partial charge in [0, 0.05) is 18.7 Å². The number of para-hydroxylation sites is 1. The van der Waals surface area contributed by atoms with Crippen LogP contribution >= 0.6 is 0 Å². The molecule has 2 bridgehead atoms. The molecule has 26 heavy (non-hydrogen) atoms. The largest absolute Gasteiger partial charge is 0.452 e. The molecular weight excluding hydrogens is 336 g/mol. The summed E-state index contributed by atoms with van der Waals surface area (Å²) in [6.07, 6.45) is 2.98. The topological polar surface area (TPSA) is 89.8 Å². The summed E-state index contributed by atoms with van der Waals surface area (Å²) < 4.78 is 5.09. The molecule has 1 aliphatic heterocycles. The molecule has 2 aliphatic rings. The number of carbonyl (C=O) groups is 2. The number of likely N-dealkylation sites (tertiary alicyclic amines) is 1. The second-order valence-electron chi connectivity index (χ2n) is 8.59. The first-order valence-electron chi connectivity index (χ1n) is 8.80. The van der Waals surface area contributed by atoms with Crippen molar-refractivity contribution in [3.63, 3.8) is 0 Å².